The fraction of sp³-hybridized carbons (Fsp3) is 0.605. The number of nitrogens with one attached hydrogen (secondary N) is 1. The van der Waals surface area contributed by atoms with Crippen LogP contribution in [-0.4, -0.2) is 104 Å². The Kier molecular flexibility index (Phi) is 20.2. The zero-order valence-corrected chi connectivity index (χ0v) is 31.4. The Hall–Kier alpha value is -4.25. The summed E-state index contributed by atoms with van der Waals surface area (Å²) in [5.41, 5.74) is 2.28. The summed E-state index contributed by atoms with van der Waals surface area (Å²) in [6.45, 7) is 8.56. The van der Waals surface area contributed by atoms with Gasteiger partial charge in [-0.25, -0.2) is 14.8 Å². The lowest BCUT2D eigenvalue weighted by Gasteiger charge is -2.30. The number of nitriles is 1. The molecule has 2 fully saturated rings. The van der Waals surface area contributed by atoms with Crippen molar-refractivity contribution >= 4 is 36.5 Å². The molecule has 13 nitrogen and oxygen atoms in total. The van der Waals surface area contributed by atoms with Gasteiger partial charge in [-0.3, -0.25) is 19.9 Å². The molecule has 0 unspecified atom stereocenters. The second-order valence-corrected chi connectivity index (χ2v) is 12.6. The molecule has 2 saturated carbocycles. The number of amides is 2. The highest BCUT2D eigenvalue weighted by Crippen LogP contribution is 2.30. The Labute approximate surface area is 303 Å². The molecule has 13 heteroatoms. The lowest BCUT2D eigenvalue weighted by atomic mass is 9.95. The van der Waals surface area contributed by atoms with E-state index in [4.69, 9.17) is 9.47 Å². The number of aldehydes is 3. The van der Waals surface area contributed by atoms with Gasteiger partial charge in [-0.2, -0.15) is 5.26 Å². The van der Waals surface area contributed by atoms with Crippen LogP contribution in [0.3, 0.4) is 0 Å². The van der Waals surface area contributed by atoms with Crippen molar-refractivity contribution in [2.24, 2.45) is 0 Å². The average Bonchev–Trinajstić information content (AvgIpc) is 4.05. The summed E-state index contributed by atoms with van der Waals surface area (Å²) in [6.07, 6.45) is 14.1. The number of nitrogens with zero attached hydrogens (tertiary/aromatic N) is 6. The summed E-state index contributed by atoms with van der Waals surface area (Å²) in [5, 5.41) is 12.4. The molecule has 2 aromatic rings. The van der Waals surface area contributed by atoms with Crippen molar-refractivity contribution < 1.29 is 28.7 Å². The number of fused-ring (bicyclic) bond motifs is 1. The second-order valence-electron chi connectivity index (χ2n) is 12.6. The number of likely N-dealkylation sites (N-methyl/N-ethyl adjacent to an activating group) is 2. The van der Waals surface area contributed by atoms with Gasteiger partial charge in [0.25, 0.3) is 0 Å². The van der Waals surface area contributed by atoms with E-state index in [1.165, 1.54) is 30.4 Å². The first kappa shape index (κ1) is 42.9. The number of carbonyl (C=O) groups excluding carboxylic acids is 4. The smallest absolute Gasteiger partial charge is 0.328 e. The minimum Gasteiger partial charge on any atom is -0.489 e. The zero-order valence-electron chi connectivity index (χ0n) is 31.4. The number of ether oxygens (including phenoxy) is 2. The summed E-state index contributed by atoms with van der Waals surface area (Å²) < 4.78 is 11.6. The van der Waals surface area contributed by atoms with E-state index in [2.05, 4.69) is 26.3 Å². The standard InChI is InChI=1S/C30H39N7O5.C3H6O.C3H6.C2H6/c1-35(13-14-38)11-12-36(2)19-22-15-21-5-4-10-37(29(21)33-26(22)20-39)30(40)34-28-16-27(23(17-31)18-32-28)42-25-8-6-24(41-3)7-9-25;1-2-3-4;1-2-3-1;1-2/h14-16,18,20,24-25H,4-13,19H2,1-3H3,(H,32,34,40);3H,2H2,1H3;1-3H2;1-2H3. The predicted octanol–water partition coefficient (Wildman–Crippen LogP) is 5.84. The molecule has 1 N–H and O–H groups in total. The third kappa shape index (κ3) is 14.9. The molecule has 0 aromatic carbocycles. The van der Waals surface area contributed by atoms with Gasteiger partial charge in [-0.05, 0) is 69.8 Å². The van der Waals surface area contributed by atoms with E-state index in [1.54, 1.807) is 13.2 Å². The molecule has 1 aliphatic heterocycles. The molecular weight excluding hydrogens is 650 g/mol. The summed E-state index contributed by atoms with van der Waals surface area (Å²) in [7, 11) is 5.55. The molecule has 3 heterocycles. The number of aromatic nitrogens is 2. The number of pyridine rings is 2. The summed E-state index contributed by atoms with van der Waals surface area (Å²) in [4.78, 5) is 59.7. The normalized spacial score (nSPS) is 17.1. The van der Waals surface area contributed by atoms with Crippen LogP contribution in [0.5, 0.6) is 5.75 Å². The average molecular weight is 708 g/mol. The predicted molar refractivity (Wildman–Crippen MR) is 198 cm³/mol. The number of rotatable bonds is 13. The van der Waals surface area contributed by atoms with E-state index >= 15 is 0 Å². The van der Waals surface area contributed by atoms with E-state index in [-0.39, 0.29) is 23.7 Å². The number of anilines is 2. The Morgan fingerprint density at radius 1 is 1.02 bits per heavy atom. The van der Waals surface area contributed by atoms with Crippen LogP contribution in [0.1, 0.15) is 106 Å². The number of hydrogen-bond donors (Lipinski definition) is 1. The quantitative estimate of drug-likeness (QED) is 0.250. The number of hydrogen-bond acceptors (Lipinski definition) is 11. The fourth-order valence-electron chi connectivity index (χ4n) is 5.34. The van der Waals surface area contributed by atoms with Crippen molar-refractivity contribution in [2.45, 2.75) is 104 Å². The molecule has 2 amide bonds. The molecule has 2 aliphatic carbocycles. The molecule has 0 saturated heterocycles. The molecular formula is C38H57N7O6. The molecule has 51 heavy (non-hydrogen) atoms. The third-order valence-electron chi connectivity index (χ3n) is 8.31. The minimum atomic E-state index is -0.424. The number of carbonyl (C=O) groups is 4. The summed E-state index contributed by atoms with van der Waals surface area (Å²) in [5.74, 6) is 1.10. The molecule has 0 bridgehead atoms. The second kappa shape index (κ2) is 24.0. The first-order valence-electron chi connectivity index (χ1n) is 18.2. The highest BCUT2D eigenvalue weighted by Gasteiger charge is 2.27. The van der Waals surface area contributed by atoms with E-state index in [0.29, 0.717) is 56.3 Å². The zero-order chi connectivity index (χ0) is 37.6. The van der Waals surface area contributed by atoms with Crippen LogP contribution in [0, 0.1) is 11.3 Å². The minimum absolute atomic E-state index is 0.0418. The van der Waals surface area contributed by atoms with Crippen LogP contribution < -0.4 is 15.0 Å². The van der Waals surface area contributed by atoms with Gasteiger partial charge in [0.05, 0.1) is 24.9 Å². The van der Waals surface area contributed by atoms with Crippen molar-refractivity contribution in [3.8, 4) is 11.8 Å². The van der Waals surface area contributed by atoms with Gasteiger partial charge in [0.15, 0.2) is 6.29 Å². The Bertz CT molecular complexity index is 1420. The number of aryl methyl sites for hydroxylation is 1. The highest BCUT2D eigenvalue weighted by molar-refractivity contribution is 6.01. The van der Waals surface area contributed by atoms with Gasteiger partial charge in [0.2, 0.25) is 0 Å². The molecule has 0 radical (unpaired) electrons. The first-order chi connectivity index (χ1) is 24.8. The summed E-state index contributed by atoms with van der Waals surface area (Å²) >= 11 is 0. The maximum Gasteiger partial charge on any atom is 0.328 e. The van der Waals surface area contributed by atoms with E-state index in [9.17, 15) is 24.4 Å². The van der Waals surface area contributed by atoms with Crippen LogP contribution in [0.15, 0.2) is 18.3 Å². The van der Waals surface area contributed by atoms with Gasteiger partial charge in [-0.15, -0.1) is 0 Å². The van der Waals surface area contributed by atoms with Gasteiger partial charge in [0, 0.05) is 45.8 Å². The molecule has 2 aromatic heterocycles. The van der Waals surface area contributed by atoms with Gasteiger partial charge < -0.3 is 24.0 Å². The molecule has 3 aliphatic rings. The number of methoxy groups -OCH3 is 1. The maximum absolute atomic E-state index is 13.4. The Morgan fingerprint density at radius 3 is 2.24 bits per heavy atom. The SMILES string of the molecule is C1CC1.CC.CCC=O.COC1CCC(Oc2cc(NC(=O)N3CCCc4cc(CN(C)CCN(C)CC=O)c(C=O)nc43)ncc2C#N)CC1. The number of urea groups is 1. The topological polar surface area (TPSA) is 158 Å². The lowest BCUT2D eigenvalue weighted by Crippen LogP contribution is -2.40. The lowest BCUT2D eigenvalue weighted by molar-refractivity contribution is -0.109. The summed E-state index contributed by atoms with van der Waals surface area (Å²) in [6, 6.07) is 5.23. The molecule has 280 valence electrons. The van der Waals surface area contributed by atoms with Crippen molar-refractivity contribution in [1.82, 2.24) is 19.8 Å². The van der Waals surface area contributed by atoms with Gasteiger partial charge in [0.1, 0.15) is 47.3 Å². The maximum atomic E-state index is 13.4. The Balaban J connectivity index is 0.000000892. The Morgan fingerprint density at radius 2 is 1.67 bits per heavy atom. The van der Waals surface area contributed by atoms with Crippen LogP contribution >= 0.6 is 0 Å². The van der Waals surface area contributed by atoms with Crippen LogP contribution in [0.25, 0.3) is 0 Å². The monoisotopic (exact) mass is 707 g/mol. The molecule has 0 spiro atoms. The van der Waals surface area contributed by atoms with Crippen LogP contribution in [0.4, 0.5) is 16.4 Å². The van der Waals surface area contributed by atoms with E-state index < -0.39 is 6.03 Å². The van der Waals surface area contributed by atoms with Gasteiger partial charge in [-0.1, -0.05) is 40.0 Å². The first-order valence-corrected chi connectivity index (χ1v) is 18.2. The molecule has 5 rings (SSSR count). The van der Waals surface area contributed by atoms with Crippen molar-refractivity contribution in [1.29, 1.82) is 5.26 Å². The van der Waals surface area contributed by atoms with Gasteiger partial charge >= 0.3 is 6.03 Å². The van der Waals surface area contributed by atoms with E-state index in [1.807, 2.05) is 45.8 Å². The van der Waals surface area contributed by atoms with E-state index in [0.717, 1.165) is 68.5 Å². The van der Waals surface area contributed by atoms with Crippen molar-refractivity contribution in [2.75, 3.05) is 57.6 Å². The third-order valence-corrected chi connectivity index (χ3v) is 8.31. The van der Waals surface area contributed by atoms with Crippen LogP contribution in [-0.2, 0) is 27.3 Å². The molecule has 0 atom stereocenters. The fourth-order valence-corrected chi connectivity index (χ4v) is 5.34. The van der Waals surface area contributed by atoms with Crippen LogP contribution in [0.2, 0.25) is 0 Å². The largest absolute Gasteiger partial charge is 0.489 e. The van der Waals surface area contributed by atoms with Crippen molar-refractivity contribution in [3.05, 3.63) is 40.7 Å². The highest BCUT2D eigenvalue weighted by atomic mass is 16.5. The van der Waals surface area contributed by atoms with Crippen molar-refractivity contribution in [3.63, 3.8) is 0 Å².